The maximum Gasteiger partial charge on any atom is 0.0410 e. The summed E-state index contributed by atoms with van der Waals surface area (Å²) in [5.41, 5.74) is 4.37. The van der Waals surface area contributed by atoms with Crippen molar-refractivity contribution in [2.45, 2.75) is 36.2 Å². The molecule has 0 saturated heterocycles. The molecule has 21 heavy (non-hydrogen) atoms. The Morgan fingerprint density at radius 3 is 2.81 bits per heavy atom. The summed E-state index contributed by atoms with van der Waals surface area (Å²) < 4.78 is 0. The van der Waals surface area contributed by atoms with E-state index < -0.39 is 0 Å². The summed E-state index contributed by atoms with van der Waals surface area (Å²) in [6.45, 7) is 0. The van der Waals surface area contributed by atoms with Gasteiger partial charge in [0.05, 0.1) is 0 Å². The van der Waals surface area contributed by atoms with Gasteiger partial charge in [0.1, 0.15) is 0 Å². The summed E-state index contributed by atoms with van der Waals surface area (Å²) >= 11 is 8.15. The van der Waals surface area contributed by atoms with Gasteiger partial charge in [-0.2, -0.15) is 0 Å². The van der Waals surface area contributed by atoms with E-state index in [9.17, 15) is 0 Å². The van der Waals surface area contributed by atoms with Crippen LogP contribution in [-0.4, -0.2) is 5.75 Å². The first kappa shape index (κ1) is 13.7. The van der Waals surface area contributed by atoms with Crippen LogP contribution < -0.4 is 5.32 Å². The van der Waals surface area contributed by atoms with E-state index in [2.05, 4.69) is 41.7 Å². The Bertz CT molecular complexity index is 670. The lowest BCUT2D eigenvalue weighted by molar-refractivity contribution is 0.428. The van der Waals surface area contributed by atoms with Gasteiger partial charge >= 0.3 is 0 Å². The van der Waals surface area contributed by atoms with E-state index in [1.54, 1.807) is 0 Å². The molecule has 3 heteroatoms. The van der Waals surface area contributed by atoms with Crippen molar-refractivity contribution in [2.24, 2.45) is 0 Å². The highest BCUT2D eigenvalue weighted by Crippen LogP contribution is 2.40. The Hall–Kier alpha value is -0.960. The van der Waals surface area contributed by atoms with Crippen LogP contribution >= 0.6 is 23.4 Å². The molecule has 1 aliphatic carbocycles. The molecule has 2 aromatic carbocycles. The molecule has 0 saturated carbocycles. The molecule has 0 bridgehead atoms. The van der Waals surface area contributed by atoms with Crippen molar-refractivity contribution in [3.63, 3.8) is 0 Å². The Morgan fingerprint density at radius 1 is 1.00 bits per heavy atom. The minimum atomic E-state index is 0.427. The van der Waals surface area contributed by atoms with E-state index in [1.165, 1.54) is 46.6 Å². The highest BCUT2D eigenvalue weighted by molar-refractivity contribution is 7.99. The maximum atomic E-state index is 6.20. The van der Waals surface area contributed by atoms with Gasteiger partial charge in [-0.25, -0.2) is 0 Å². The van der Waals surface area contributed by atoms with Gasteiger partial charge in [0.25, 0.3) is 0 Å². The van der Waals surface area contributed by atoms with Crippen LogP contribution in [0, 0.1) is 0 Å². The summed E-state index contributed by atoms with van der Waals surface area (Å²) in [4.78, 5) is 1.38. The molecule has 1 heterocycles. The molecule has 1 N–H and O–H groups in total. The molecule has 2 aromatic rings. The third-order valence-corrected chi connectivity index (χ3v) is 5.90. The molecule has 0 radical (unpaired) electrons. The van der Waals surface area contributed by atoms with Crippen LogP contribution in [0.4, 0.5) is 0 Å². The van der Waals surface area contributed by atoms with Gasteiger partial charge in [0.2, 0.25) is 0 Å². The number of thioether (sulfide) groups is 1. The highest BCUT2D eigenvalue weighted by Gasteiger charge is 2.27. The largest absolute Gasteiger partial charge is 0.303 e. The fourth-order valence-electron chi connectivity index (χ4n) is 3.51. The Labute approximate surface area is 135 Å². The van der Waals surface area contributed by atoms with Crippen molar-refractivity contribution in [2.75, 3.05) is 5.75 Å². The number of halogens is 1. The second kappa shape index (κ2) is 5.68. The quantitative estimate of drug-likeness (QED) is 0.822. The summed E-state index contributed by atoms with van der Waals surface area (Å²) in [7, 11) is 0. The van der Waals surface area contributed by atoms with Crippen molar-refractivity contribution in [1.29, 1.82) is 0 Å². The van der Waals surface area contributed by atoms with E-state index >= 15 is 0 Å². The summed E-state index contributed by atoms with van der Waals surface area (Å²) in [6, 6.07) is 16.1. The van der Waals surface area contributed by atoms with E-state index in [4.69, 9.17) is 11.6 Å². The molecule has 2 atom stereocenters. The van der Waals surface area contributed by atoms with Gasteiger partial charge < -0.3 is 5.32 Å². The van der Waals surface area contributed by atoms with Gasteiger partial charge in [0, 0.05) is 22.0 Å². The van der Waals surface area contributed by atoms with Crippen molar-refractivity contribution >= 4 is 23.4 Å². The predicted molar refractivity (Wildman–Crippen MR) is 90.2 cm³/mol. The van der Waals surface area contributed by atoms with Crippen LogP contribution in [0.3, 0.4) is 0 Å². The van der Waals surface area contributed by atoms with Gasteiger partial charge in [-0.05, 0) is 59.9 Å². The third-order valence-electron chi connectivity index (χ3n) is 4.55. The van der Waals surface area contributed by atoms with Crippen molar-refractivity contribution < 1.29 is 0 Å². The van der Waals surface area contributed by atoms with Crippen LogP contribution in [0.2, 0.25) is 5.02 Å². The molecule has 1 nitrogen and oxygen atoms in total. The van der Waals surface area contributed by atoms with Crippen LogP contribution in [0.5, 0.6) is 0 Å². The molecule has 4 rings (SSSR count). The first-order valence-electron chi connectivity index (χ1n) is 7.57. The van der Waals surface area contributed by atoms with Gasteiger partial charge in [-0.1, -0.05) is 35.9 Å². The normalized spacial score (nSPS) is 23.7. The number of hydrogen-bond donors (Lipinski definition) is 1. The first-order valence-corrected chi connectivity index (χ1v) is 8.94. The van der Waals surface area contributed by atoms with Crippen LogP contribution in [-0.2, 0) is 6.42 Å². The fourth-order valence-corrected chi connectivity index (χ4v) is 4.80. The summed E-state index contributed by atoms with van der Waals surface area (Å²) in [5.74, 6) is 1.18. The van der Waals surface area contributed by atoms with Crippen molar-refractivity contribution in [3.05, 3.63) is 64.2 Å². The summed E-state index contributed by atoms with van der Waals surface area (Å²) in [5, 5.41) is 4.73. The third kappa shape index (κ3) is 2.61. The van der Waals surface area contributed by atoms with Crippen molar-refractivity contribution in [1.82, 2.24) is 5.32 Å². The lowest BCUT2D eigenvalue weighted by Gasteiger charge is -2.29. The molecular formula is C18H18ClNS. The zero-order valence-electron chi connectivity index (χ0n) is 11.8. The molecule has 0 amide bonds. The number of hydrogen-bond acceptors (Lipinski definition) is 2. The predicted octanol–water partition coefficient (Wildman–Crippen LogP) is 5.15. The van der Waals surface area contributed by atoms with Gasteiger partial charge in [-0.15, -0.1) is 11.8 Å². The number of rotatable bonds is 2. The second-order valence-corrected chi connectivity index (χ2v) is 7.40. The number of benzene rings is 2. The molecule has 0 fully saturated rings. The molecule has 2 unspecified atom stereocenters. The molecule has 108 valence electrons. The number of aryl methyl sites for hydroxylation is 1. The monoisotopic (exact) mass is 315 g/mol. The SMILES string of the molecule is Clc1ccc2c(c1)C(NC1CCc3ccccc31)CCS2. The van der Waals surface area contributed by atoms with E-state index in [-0.39, 0.29) is 0 Å². The zero-order valence-corrected chi connectivity index (χ0v) is 13.4. The average Bonchev–Trinajstić information content (AvgIpc) is 2.91. The summed E-state index contributed by atoms with van der Waals surface area (Å²) in [6.07, 6.45) is 3.58. The topological polar surface area (TPSA) is 12.0 Å². The number of nitrogens with one attached hydrogen (secondary N) is 1. The van der Waals surface area contributed by atoms with Crippen LogP contribution in [0.1, 0.15) is 41.6 Å². The minimum Gasteiger partial charge on any atom is -0.303 e. The first-order chi connectivity index (χ1) is 10.3. The molecule has 0 aromatic heterocycles. The van der Waals surface area contributed by atoms with E-state index in [0.29, 0.717) is 12.1 Å². The maximum absolute atomic E-state index is 6.20. The van der Waals surface area contributed by atoms with Crippen LogP contribution in [0.25, 0.3) is 0 Å². The van der Waals surface area contributed by atoms with E-state index in [1.807, 2.05) is 17.8 Å². The minimum absolute atomic E-state index is 0.427. The Kier molecular flexibility index (Phi) is 3.70. The van der Waals surface area contributed by atoms with Crippen molar-refractivity contribution in [3.8, 4) is 0 Å². The Balaban J connectivity index is 1.61. The molecule has 1 aliphatic heterocycles. The Morgan fingerprint density at radius 2 is 1.86 bits per heavy atom. The lowest BCUT2D eigenvalue weighted by Crippen LogP contribution is -2.27. The van der Waals surface area contributed by atoms with Gasteiger partial charge in [0.15, 0.2) is 0 Å². The smallest absolute Gasteiger partial charge is 0.0410 e. The molecule has 2 aliphatic rings. The molecular weight excluding hydrogens is 298 g/mol. The average molecular weight is 316 g/mol. The highest BCUT2D eigenvalue weighted by atomic mass is 35.5. The zero-order chi connectivity index (χ0) is 14.2. The lowest BCUT2D eigenvalue weighted by atomic mass is 10.0. The standard InChI is InChI=1S/C18H18ClNS/c19-13-6-8-18-15(11-13)17(9-10-21-18)20-16-7-5-12-3-1-2-4-14(12)16/h1-4,6,8,11,16-17,20H,5,7,9-10H2. The molecule has 0 spiro atoms. The van der Waals surface area contributed by atoms with E-state index in [0.717, 1.165) is 5.02 Å². The second-order valence-electron chi connectivity index (χ2n) is 5.83. The van der Waals surface area contributed by atoms with Crippen LogP contribution in [0.15, 0.2) is 47.4 Å². The van der Waals surface area contributed by atoms with Gasteiger partial charge in [-0.3, -0.25) is 0 Å². The fraction of sp³-hybridized carbons (Fsp3) is 0.333. The number of fused-ring (bicyclic) bond motifs is 2.